The van der Waals surface area contributed by atoms with Gasteiger partial charge in [-0.3, -0.25) is 9.59 Å². The minimum atomic E-state index is -0.556. The topological polar surface area (TPSA) is 72.6 Å². The molecule has 20 heavy (non-hydrogen) atoms. The van der Waals surface area contributed by atoms with E-state index in [0.717, 1.165) is 19.3 Å². The highest BCUT2D eigenvalue weighted by Crippen LogP contribution is 2.14. The molecule has 1 amide bonds. The largest absolute Gasteiger partial charge is 0.468 e. The Labute approximate surface area is 122 Å². The second-order valence-corrected chi connectivity index (χ2v) is 5.39. The van der Waals surface area contributed by atoms with E-state index in [-0.39, 0.29) is 18.4 Å². The van der Waals surface area contributed by atoms with Crippen molar-refractivity contribution < 1.29 is 14.3 Å². The van der Waals surface area contributed by atoms with Gasteiger partial charge in [-0.15, -0.1) is 0 Å². The lowest BCUT2D eigenvalue weighted by Crippen LogP contribution is -2.50. The molecule has 0 saturated heterocycles. The first-order valence-electron chi connectivity index (χ1n) is 7.52. The number of hydrogen-bond acceptors (Lipinski definition) is 4. The quantitative estimate of drug-likeness (QED) is 0.656. The van der Waals surface area contributed by atoms with Crippen molar-refractivity contribution in [2.24, 2.45) is 17.6 Å². The van der Waals surface area contributed by atoms with Crippen LogP contribution in [0.5, 0.6) is 0 Å². The fraction of sp³-hybridized carbons (Fsp3) is 0.867. The van der Waals surface area contributed by atoms with E-state index < -0.39 is 12.0 Å². The molecule has 0 heterocycles. The van der Waals surface area contributed by atoms with E-state index in [1.165, 1.54) is 7.11 Å². The van der Waals surface area contributed by atoms with Crippen molar-refractivity contribution in [1.29, 1.82) is 0 Å². The van der Waals surface area contributed by atoms with Crippen LogP contribution in [-0.2, 0) is 14.3 Å². The number of carbonyl (C=O) groups excluding carboxylic acids is 2. The number of ether oxygens (including phenoxy) is 1. The Hall–Kier alpha value is -1.10. The van der Waals surface area contributed by atoms with Gasteiger partial charge in [0, 0.05) is 6.54 Å². The lowest BCUT2D eigenvalue weighted by molar-refractivity contribution is -0.148. The Balaban J connectivity index is 4.90. The molecule has 0 aliphatic carbocycles. The van der Waals surface area contributed by atoms with Gasteiger partial charge in [-0.25, -0.2) is 0 Å². The fourth-order valence-electron chi connectivity index (χ4n) is 2.02. The van der Waals surface area contributed by atoms with Crippen LogP contribution in [0, 0.1) is 11.8 Å². The van der Waals surface area contributed by atoms with Crippen molar-refractivity contribution >= 4 is 11.9 Å². The predicted octanol–water partition coefficient (Wildman–Crippen LogP) is 1.80. The number of rotatable bonds is 9. The molecule has 5 nitrogen and oxygen atoms in total. The van der Waals surface area contributed by atoms with Gasteiger partial charge in [0.05, 0.1) is 13.2 Å². The molecule has 0 rings (SSSR count). The van der Waals surface area contributed by atoms with E-state index in [1.807, 2.05) is 13.8 Å². The van der Waals surface area contributed by atoms with E-state index in [1.54, 1.807) is 4.90 Å². The van der Waals surface area contributed by atoms with Crippen molar-refractivity contribution in [3.05, 3.63) is 0 Å². The van der Waals surface area contributed by atoms with Crippen LogP contribution in [0.25, 0.3) is 0 Å². The molecule has 0 aliphatic rings. The Morgan fingerprint density at radius 1 is 1.15 bits per heavy atom. The number of methoxy groups -OCH3 is 1. The van der Waals surface area contributed by atoms with Crippen LogP contribution >= 0.6 is 0 Å². The van der Waals surface area contributed by atoms with E-state index in [2.05, 4.69) is 18.6 Å². The molecule has 2 atom stereocenters. The third kappa shape index (κ3) is 5.90. The zero-order valence-electron chi connectivity index (χ0n) is 13.5. The maximum Gasteiger partial charge on any atom is 0.325 e. The average molecular weight is 286 g/mol. The minimum absolute atomic E-state index is 0.0179. The summed E-state index contributed by atoms with van der Waals surface area (Å²) in [6.45, 7) is 8.67. The van der Waals surface area contributed by atoms with Crippen molar-refractivity contribution in [3.8, 4) is 0 Å². The van der Waals surface area contributed by atoms with Gasteiger partial charge in [-0.2, -0.15) is 0 Å². The van der Waals surface area contributed by atoms with Crippen LogP contribution in [0.3, 0.4) is 0 Å². The second kappa shape index (κ2) is 9.75. The standard InChI is InChI=1S/C15H30N2O3/c1-6-11(4)14(16)15(19)17(10-13(18)20-5)9-12(7-2)8-3/h11-12,14H,6-10,16H2,1-5H3/t11?,14-/m0/s1. The normalized spacial score (nSPS) is 13.9. The van der Waals surface area contributed by atoms with E-state index in [0.29, 0.717) is 12.5 Å². The van der Waals surface area contributed by atoms with Gasteiger partial charge in [-0.1, -0.05) is 47.0 Å². The highest BCUT2D eigenvalue weighted by molar-refractivity contribution is 5.85. The van der Waals surface area contributed by atoms with Gasteiger partial charge in [0.25, 0.3) is 0 Å². The number of amides is 1. The van der Waals surface area contributed by atoms with Gasteiger partial charge in [0.15, 0.2) is 0 Å². The SMILES string of the molecule is CCC(CC)CN(CC(=O)OC)C(=O)[C@@H](N)C(C)CC. The summed E-state index contributed by atoms with van der Waals surface area (Å²) in [5, 5.41) is 0. The smallest absolute Gasteiger partial charge is 0.325 e. The molecule has 2 N–H and O–H groups in total. The zero-order chi connectivity index (χ0) is 15.7. The molecule has 0 fully saturated rings. The summed E-state index contributed by atoms with van der Waals surface area (Å²) in [6.07, 6.45) is 2.78. The second-order valence-electron chi connectivity index (χ2n) is 5.39. The zero-order valence-corrected chi connectivity index (χ0v) is 13.5. The molecule has 0 saturated carbocycles. The van der Waals surface area contributed by atoms with Gasteiger partial charge in [0.2, 0.25) is 5.91 Å². The molecule has 0 spiro atoms. The van der Waals surface area contributed by atoms with E-state index in [9.17, 15) is 9.59 Å². The summed E-state index contributed by atoms with van der Waals surface area (Å²) in [5.74, 6) is -0.0746. The average Bonchev–Trinajstić information content (AvgIpc) is 2.48. The highest BCUT2D eigenvalue weighted by Gasteiger charge is 2.27. The molecule has 0 bridgehead atoms. The lowest BCUT2D eigenvalue weighted by atomic mass is 9.97. The first-order valence-corrected chi connectivity index (χ1v) is 7.52. The third-order valence-corrected chi connectivity index (χ3v) is 4.03. The summed E-state index contributed by atoms with van der Waals surface area (Å²) in [4.78, 5) is 25.5. The van der Waals surface area contributed by atoms with Crippen LogP contribution < -0.4 is 5.73 Å². The molecular weight excluding hydrogens is 256 g/mol. The fourth-order valence-corrected chi connectivity index (χ4v) is 2.02. The maximum absolute atomic E-state index is 12.5. The predicted molar refractivity (Wildman–Crippen MR) is 80.1 cm³/mol. The Kier molecular flexibility index (Phi) is 9.21. The maximum atomic E-state index is 12.5. The molecule has 0 aromatic rings. The molecule has 0 aromatic heterocycles. The number of esters is 1. The monoisotopic (exact) mass is 286 g/mol. The summed E-state index contributed by atoms with van der Waals surface area (Å²) < 4.78 is 4.67. The summed E-state index contributed by atoms with van der Waals surface area (Å²) >= 11 is 0. The van der Waals surface area contributed by atoms with Crippen LogP contribution in [0.1, 0.15) is 47.0 Å². The Bertz CT molecular complexity index is 303. The summed E-state index contributed by atoms with van der Waals surface area (Å²) in [5.41, 5.74) is 6.00. The van der Waals surface area contributed by atoms with Crippen molar-refractivity contribution in [2.75, 3.05) is 20.2 Å². The molecule has 0 radical (unpaired) electrons. The third-order valence-electron chi connectivity index (χ3n) is 4.03. The Morgan fingerprint density at radius 3 is 2.10 bits per heavy atom. The van der Waals surface area contributed by atoms with E-state index in [4.69, 9.17) is 5.73 Å². The number of carbonyl (C=O) groups is 2. The van der Waals surface area contributed by atoms with E-state index >= 15 is 0 Å². The number of hydrogen-bond donors (Lipinski definition) is 1. The number of nitrogens with two attached hydrogens (primary N) is 1. The molecule has 0 aromatic carbocycles. The van der Waals surface area contributed by atoms with Crippen LogP contribution in [0.2, 0.25) is 0 Å². The van der Waals surface area contributed by atoms with Crippen molar-refractivity contribution in [1.82, 2.24) is 4.90 Å². The van der Waals surface area contributed by atoms with Gasteiger partial charge in [-0.05, 0) is 11.8 Å². The van der Waals surface area contributed by atoms with Crippen molar-refractivity contribution in [3.63, 3.8) is 0 Å². The first-order chi connectivity index (χ1) is 9.40. The molecular formula is C15H30N2O3. The van der Waals surface area contributed by atoms with Crippen LogP contribution in [0.4, 0.5) is 0 Å². The molecule has 1 unspecified atom stereocenters. The van der Waals surface area contributed by atoms with Gasteiger partial charge < -0.3 is 15.4 Å². The van der Waals surface area contributed by atoms with Gasteiger partial charge in [0.1, 0.15) is 6.54 Å². The van der Waals surface area contributed by atoms with Crippen LogP contribution in [0.15, 0.2) is 0 Å². The summed E-state index contributed by atoms with van der Waals surface area (Å²) in [7, 11) is 1.33. The van der Waals surface area contributed by atoms with Crippen molar-refractivity contribution in [2.45, 2.75) is 53.0 Å². The summed E-state index contributed by atoms with van der Waals surface area (Å²) in [6, 6.07) is -0.556. The first kappa shape index (κ1) is 18.9. The minimum Gasteiger partial charge on any atom is -0.468 e. The van der Waals surface area contributed by atoms with Gasteiger partial charge >= 0.3 is 5.97 Å². The molecule has 5 heteroatoms. The Morgan fingerprint density at radius 2 is 1.70 bits per heavy atom. The number of nitrogens with zero attached hydrogens (tertiary/aromatic N) is 1. The van der Waals surface area contributed by atoms with Crippen LogP contribution in [-0.4, -0.2) is 43.0 Å². The highest BCUT2D eigenvalue weighted by atomic mass is 16.5. The lowest BCUT2D eigenvalue weighted by Gasteiger charge is -2.29. The molecule has 0 aliphatic heterocycles. The molecule has 118 valence electrons.